The highest BCUT2D eigenvalue weighted by molar-refractivity contribution is 7.92. The van der Waals surface area contributed by atoms with Crippen LogP contribution in [-0.2, 0) is 9.73 Å². The summed E-state index contributed by atoms with van der Waals surface area (Å²) in [5.74, 6) is 1.62. The molecule has 9 nitrogen and oxygen atoms in total. The number of hydrogen-bond donors (Lipinski definition) is 1. The summed E-state index contributed by atoms with van der Waals surface area (Å²) in [5.41, 5.74) is 3.66. The van der Waals surface area contributed by atoms with Crippen molar-refractivity contribution in [2.75, 3.05) is 17.8 Å². The molecule has 0 fully saturated rings. The summed E-state index contributed by atoms with van der Waals surface area (Å²) in [6, 6.07) is 9.17. The Kier molecular flexibility index (Phi) is 5.79. The molecule has 0 aliphatic carbocycles. The molecule has 0 saturated heterocycles. The minimum atomic E-state index is -2.28. The smallest absolute Gasteiger partial charge is 0.238 e. The number of anilines is 2. The molecule has 0 bridgehead atoms. The second-order valence-electron chi connectivity index (χ2n) is 7.76. The lowest BCUT2D eigenvalue weighted by Gasteiger charge is -2.16. The van der Waals surface area contributed by atoms with Gasteiger partial charge >= 0.3 is 0 Å². The molecule has 0 spiro atoms. The van der Waals surface area contributed by atoms with Crippen LogP contribution in [0.3, 0.4) is 0 Å². The zero-order chi connectivity index (χ0) is 22.9. The van der Waals surface area contributed by atoms with E-state index >= 15 is 0 Å². The zero-order valence-corrected chi connectivity index (χ0v) is 19.3. The number of fused-ring (bicyclic) bond motifs is 1. The highest BCUT2D eigenvalue weighted by Gasteiger charge is 2.17. The zero-order valence-electron chi connectivity index (χ0n) is 18.5. The van der Waals surface area contributed by atoms with E-state index in [0.29, 0.717) is 34.3 Å². The summed E-state index contributed by atoms with van der Waals surface area (Å²) in [4.78, 5) is 13.2. The number of nitrogens with one attached hydrogen (secondary N) is 1. The molecule has 0 saturated carbocycles. The summed E-state index contributed by atoms with van der Waals surface area (Å²) < 4.78 is 27.7. The Morgan fingerprint density at radius 1 is 1.16 bits per heavy atom. The molecule has 1 atom stereocenters. The van der Waals surface area contributed by atoms with E-state index in [4.69, 9.17) is 9.26 Å². The summed E-state index contributed by atoms with van der Waals surface area (Å²) in [6.07, 6.45) is 5.95. The first kappa shape index (κ1) is 21.7. The van der Waals surface area contributed by atoms with Crippen molar-refractivity contribution in [3.05, 3.63) is 59.9 Å². The van der Waals surface area contributed by atoms with Crippen molar-refractivity contribution in [3.8, 4) is 5.88 Å². The standard InChI is InChI=1S/C22H24N6O3S/c1-13-9-16(28-32(4,5)29)11-18-20(13)21(25-12-24-18)26-17-7-6-8-23-22(17)30-15(3)19-10-14(2)27-31-19/h6-12,15H,1-5H3,(H,24,25,26)/t15-/m1/s1. The van der Waals surface area contributed by atoms with Crippen molar-refractivity contribution in [3.63, 3.8) is 0 Å². The van der Waals surface area contributed by atoms with Crippen LogP contribution in [0.4, 0.5) is 17.2 Å². The van der Waals surface area contributed by atoms with Crippen LogP contribution in [0.5, 0.6) is 5.88 Å². The fourth-order valence-corrected chi connectivity index (χ4v) is 3.90. The van der Waals surface area contributed by atoms with Gasteiger partial charge in [0.1, 0.15) is 17.8 Å². The fraction of sp³-hybridized carbons (Fsp3) is 0.273. The molecule has 4 rings (SSSR count). The van der Waals surface area contributed by atoms with E-state index in [1.807, 2.05) is 45.0 Å². The molecule has 1 N–H and O–H groups in total. The number of hydrogen-bond acceptors (Lipinski definition) is 9. The van der Waals surface area contributed by atoms with Gasteiger partial charge in [0.05, 0.1) is 16.9 Å². The van der Waals surface area contributed by atoms with E-state index in [1.165, 1.54) is 6.33 Å². The maximum Gasteiger partial charge on any atom is 0.238 e. The average molecular weight is 453 g/mol. The van der Waals surface area contributed by atoms with Gasteiger partial charge in [-0.3, -0.25) is 0 Å². The molecule has 0 amide bonds. The second kappa shape index (κ2) is 8.54. The minimum Gasteiger partial charge on any atom is -0.465 e. The highest BCUT2D eigenvalue weighted by atomic mass is 32.2. The minimum absolute atomic E-state index is 0.377. The normalized spacial score (nSPS) is 12.5. The van der Waals surface area contributed by atoms with Gasteiger partial charge < -0.3 is 14.6 Å². The van der Waals surface area contributed by atoms with Gasteiger partial charge in [0.15, 0.2) is 11.9 Å². The summed E-state index contributed by atoms with van der Waals surface area (Å²) in [6.45, 7) is 5.67. The Hall–Kier alpha value is -3.53. The van der Waals surface area contributed by atoms with E-state index in [9.17, 15) is 4.21 Å². The molecule has 0 aliphatic heterocycles. The van der Waals surface area contributed by atoms with Gasteiger partial charge in [-0.25, -0.2) is 19.2 Å². The Bertz CT molecular complexity index is 1400. The molecule has 0 aliphatic rings. The van der Waals surface area contributed by atoms with Gasteiger partial charge in [0.25, 0.3) is 0 Å². The second-order valence-corrected chi connectivity index (χ2v) is 10.3. The monoisotopic (exact) mass is 452 g/mol. The van der Waals surface area contributed by atoms with Gasteiger partial charge in [-0.2, -0.15) is 4.36 Å². The van der Waals surface area contributed by atoms with Crippen molar-refractivity contribution in [1.29, 1.82) is 0 Å². The molecule has 3 aromatic heterocycles. The van der Waals surface area contributed by atoms with Gasteiger partial charge in [-0.05, 0) is 50.6 Å². The Labute approximate surface area is 186 Å². The average Bonchev–Trinajstić information content (AvgIpc) is 3.14. The van der Waals surface area contributed by atoms with Crippen molar-refractivity contribution >= 4 is 37.8 Å². The Morgan fingerprint density at radius 3 is 2.69 bits per heavy atom. The predicted octanol–water partition coefficient (Wildman–Crippen LogP) is 4.87. The molecular formula is C22H24N6O3S. The van der Waals surface area contributed by atoms with E-state index in [-0.39, 0.29) is 6.10 Å². The number of aryl methyl sites for hydroxylation is 2. The highest BCUT2D eigenvalue weighted by Crippen LogP contribution is 2.33. The van der Waals surface area contributed by atoms with Crippen LogP contribution in [0.2, 0.25) is 0 Å². The van der Waals surface area contributed by atoms with Crippen LogP contribution in [0.1, 0.15) is 30.0 Å². The van der Waals surface area contributed by atoms with Crippen molar-refractivity contribution in [1.82, 2.24) is 20.1 Å². The number of benzene rings is 1. The molecule has 0 unspecified atom stereocenters. The molecule has 4 aromatic rings. The number of nitrogens with zero attached hydrogens (tertiary/aromatic N) is 5. The maximum atomic E-state index is 12.1. The van der Waals surface area contributed by atoms with Crippen LogP contribution in [0.15, 0.2) is 51.7 Å². The summed E-state index contributed by atoms with van der Waals surface area (Å²) >= 11 is 0. The van der Waals surface area contributed by atoms with Gasteiger partial charge in [-0.15, -0.1) is 0 Å². The van der Waals surface area contributed by atoms with Crippen molar-refractivity contribution < 1.29 is 13.5 Å². The number of rotatable bonds is 6. The van der Waals surface area contributed by atoms with E-state index in [0.717, 1.165) is 16.6 Å². The molecule has 3 heterocycles. The first-order chi connectivity index (χ1) is 15.2. The molecule has 32 heavy (non-hydrogen) atoms. The molecule has 166 valence electrons. The third kappa shape index (κ3) is 4.86. The quantitative estimate of drug-likeness (QED) is 0.440. The molecule has 0 radical (unpaired) electrons. The first-order valence-electron chi connectivity index (χ1n) is 9.94. The maximum absolute atomic E-state index is 12.1. The lowest BCUT2D eigenvalue weighted by Crippen LogP contribution is -2.06. The van der Waals surface area contributed by atoms with Crippen LogP contribution >= 0.6 is 0 Å². The van der Waals surface area contributed by atoms with Crippen molar-refractivity contribution in [2.45, 2.75) is 26.9 Å². The molecular weight excluding hydrogens is 428 g/mol. The predicted molar refractivity (Wildman–Crippen MR) is 124 cm³/mol. The Balaban J connectivity index is 1.69. The number of pyridine rings is 1. The SMILES string of the molecule is Cc1cc([C@@H](C)Oc2ncccc2Nc2ncnc3cc(N=S(C)(C)=O)cc(C)c23)on1. The third-order valence-electron chi connectivity index (χ3n) is 4.60. The van der Waals surface area contributed by atoms with Crippen LogP contribution in [0, 0.1) is 13.8 Å². The summed E-state index contributed by atoms with van der Waals surface area (Å²) in [5, 5.41) is 8.06. The van der Waals surface area contributed by atoms with E-state index in [2.05, 4.69) is 29.8 Å². The number of aromatic nitrogens is 4. The summed E-state index contributed by atoms with van der Waals surface area (Å²) in [7, 11) is -2.28. The van der Waals surface area contributed by atoms with Gasteiger partial charge in [-0.1, -0.05) is 5.16 Å². The fourth-order valence-electron chi connectivity index (χ4n) is 3.28. The molecule has 10 heteroatoms. The van der Waals surface area contributed by atoms with Crippen LogP contribution in [-0.4, -0.2) is 36.8 Å². The number of ether oxygens (including phenoxy) is 1. The third-order valence-corrected chi connectivity index (χ3v) is 5.26. The van der Waals surface area contributed by atoms with Crippen LogP contribution < -0.4 is 10.1 Å². The lowest BCUT2D eigenvalue weighted by molar-refractivity contribution is 0.176. The first-order valence-corrected chi connectivity index (χ1v) is 12.3. The van der Waals surface area contributed by atoms with E-state index in [1.54, 1.807) is 24.8 Å². The topological polar surface area (TPSA) is 115 Å². The van der Waals surface area contributed by atoms with Crippen LogP contribution in [0.25, 0.3) is 10.9 Å². The lowest BCUT2D eigenvalue weighted by atomic mass is 10.1. The molecule has 1 aromatic carbocycles. The van der Waals surface area contributed by atoms with Crippen molar-refractivity contribution in [2.24, 2.45) is 4.36 Å². The van der Waals surface area contributed by atoms with Gasteiger partial charge in [0, 0.05) is 39.9 Å². The van der Waals surface area contributed by atoms with Gasteiger partial charge in [0.2, 0.25) is 5.88 Å². The Morgan fingerprint density at radius 2 is 1.97 bits per heavy atom. The van der Waals surface area contributed by atoms with E-state index < -0.39 is 9.73 Å². The largest absolute Gasteiger partial charge is 0.465 e.